The van der Waals surface area contributed by atoms with E-state index >= 15 is 0 Å². The summed E-state index contributed by atoms with van der Waals surface area (Å²) in [5, 5.41) is 4.19. The fourth-order valence-electron chi connectivity index (χ4n) is 3.32. The second-order valence-corrected chi connectivity index (χ2v) is 6.29. The Hall–Kier alpha value is -0.600. The highest BCUT2D eigenvalue weighted by Gasteiger charge is 2.23. The molecule has 20 heavy (non-hydrogen) atoms. The first-order chi connectivity index (χ1) is 9.70. The van der Waals surface area contributed by atoms with Crippen molar-refractivity contribution in [3.63, 3.8) is 0 Å². The summed E-state index contributed by atoms with van der Waals surface area (Å²) >= 11 is 6.00. The number of hydrogen-bond donors (Lipinski definition) is 1. The number of halogens is 2. The van der Waals surface area contributed by atoms with E-state index in [1.165, 1.54) is 44.6 Å². The summed E-state index contributed by atoms with van der Waals surface area (Å²) in [6.07, 6.45) is 8.58. The van der Waals surface area contributed by atoms with E-state index in [1.54, 1.807) is 12.1 Å². The minimum absolute atomic E-state index is 0.133. The maximum absolute atomic E-state index is 13.9. The van der Waals surface area contributed by atoms with Crippen LogP contribution in [0.4, 0.5) is 4.39 Å². The van der Waals surface area contributed by atoms with Crippen LogP contribution in [-0.4, -0.2) is 12.6 Å². The Morgan fingerprint density at radius 1 is 1.25 bits per heavy atom. The van der Waals surface area contributed by atoms with Crippen LogP contribution in [0.2, 0.25) is 5.02 Å². The summed E-state index contributed by atoms with van der Waals surface area (Å²) in [5.41, 5.74) is 0.743. The maximum atomic E-state index is 13.9. The first kappa shape index (κ1) is 15.8. The molecule has 3 heteroatoms. The van der Waals surface area contributed by atoms with Crippen molar-refractivity contribution in [3.05, 3.63) is 34.6 Å². The molecule has 2 rings (SSSR count). The molecule has 1 aromatic carbocycles. The van der Waals surface area contributed by atoms with Crippen molar-refractivity contribution >= 4 is 11.6 Å². The lowest BCUT2D eigenvalue weighted by molar-refractivity contribution is 0.319. The smallest absolute Gasteiger partial charge is 0.126 e. The lowest BCUT2D eigenvalue weighted by Gasteiger charge is -2.27. The Balaban J connectivity index is 2.09. The molecule has 0 spiro atoms. The molecular weight excluding hydrogens is 273 g/mol. The molecule has 1 aliphatic carbocycles. The van der Waals surface area contributed by atoms with Crippen molar-refractivity contribution in [2.45, 2.75) is 57.9 Å². The third-order valence-corrected chi connectivity index (χ3v) is 4.62. The molecule has 1 saturated carbocycles. The van der Waals surface area contributed by atoms with E-state index in [-0.39, 0.29) is 5.82 Å². The van der Waals surface area contributed by atoms with Crippen molar-refractivity contribution in [2.75, 3.05) is 6.54 Å². The monoisotopic (exact) mass is 297 g/mol. The molecule has 1 nitrogen and oxygen atoms in total. The summed E-state index contributed by atoms with van der Waals surface area (Å²) in [6.45, 7) is 3.06. The van der Waals surface area contributed by atoms with Crippen LogP contribution in [0.5, 0.6) is 0 Å². The van der Waals surface area contributed by atoms with Crippen LogP contribution in [0.15, 0.2) is 18.2 Å². The van der Waals surface area contributed by atoms with Gasteiger partial charge in [-0.05, 0) is 55.5 Å². The lowest BCUT2D eigenvalue weighted by Crippen LogP contribution is -2.38. The fourth-order valence-corrected chi connectivity index (χ4v) is 3.51. The average Bonchev–Trinajstić information content (AvgIpc) is 2.71. The van der Waals surface area contributed by atoms with Crippen molar-refractivity contribution in [3.8, 4) is 0 Å². The van der Waals surface area contributed by atoms with Gasteiger partial charge in [0.1, 0.15) is 5.82 Å². The van der Waals surface area contributed by atoms with Gasteiger partial charge in [0.15, 0.2) is 0 Å². The van der Waals surface area contributed by atoms with Gasteiger partial charge in [-0.1, -0.05) is 44.2 Å². The lowest BCUT2D eigenvalue weighted by atomic mass is 9.87. The molecular formula is C17H25ClFN. The van der Waals surface area contributed by atoms with E-state index in [2.05, 4.69) is 12.2 Å². The molecule has 1 N–H and O–H groups in total. The first-order valence-electron chi connectivity index (χ1n) is 7.88. The first-order valence-corrected chi connectivity index (χ1v) is 8.25. The molecule has 0 amide bonds. The van der Waals surface area contributed by atoms with Crippen LogP contribution in [0.1, 0.15) is 51.0 Å². The van der Waals surface area contributed by atoms with Gasteiger partial charge >= 0.3 is 0 Å². The predicted octanol–water partition coefficient (Wildman–Crippen LogP) is 4.97. The summed E-state index contributed by atoms with van der Waals surface area (Å²) < 4.78 is 13.9. The summed E-state index contributed by atoms with van der Waals surface area (Å²) in [4.78, 5) is 0. The SMILES string of the molecule is CCNC(Cc1cc(Cl)ccc1F)C1CCCCCC1. The fraction of sp³-hybridized carbons (Fsp3) is 0.647. The van der Waals surface area contributed by atoms with Gasteiger partial charge in [-0.25, -0.2) is 4.39 Å². The van der Waals surface area contributed by atoms with E-state index in [0.717, 1.165) is 18.5 Å². The third kappa shape index (κ3) is 4.46. The Labute approximate surface area is 126 Å². The largest absolute Gasteiger partial charge is 0.314 e. The summed E-state index contributed by atoms with van der Waals surface area (Å²) in [5.74, 6) is 0.529. The Morgan fingerprint density at radius 3 is 2.60 bits per heavy atom. The highest BCUT2D eigenvalue weighted by molar-refractivity contribution is 6.30. The summed E-state index contributed by atoms with van der Waals surface area (Å²) in [7, 11) is 0. The van der Waals surface area contributed by atoms with Crippen molar-refractivity contribution in [2.24, 2.45) is 5.92 Å². The van der Waals surface area contributed by atoms with E-state index in [9.17, 15) is 4.39 Å². The average molecular weight is 298 g/mol. The van der Waals surface area contributed by atoms with Gasteiger partial charge in [0.05, 0.1) is 0 Å². The molecule has 0 aliphatic heterocycles. The molecule has 1 aliphatic rings. The Kier molecular flexibility index (Phi) is 6.31. The molecule has 0 aromatic heterocycles. The normalized spacial score (nSPS) is 18.8. The van der Waals surface area contributed by atoms with Crippen LogP contribution in [0, 0.1) is 11.7 Å². The van der Waals surface area contributed by atoms with Gasteiger partial charge in [0, 0.05) is 11.1 Å². The molecule has 1 aromatic rings. The number of benzene rings is 1. The molecule has 0 bridgehead atoms. The zero-order valence-corrected chi connectivity index (χ0v) is 13.1. The van der Waals surface area contributed by atoms with Crippen LogP contribution in [0.3, 0.4) is 0 Å². The van der Waals surface area contributed by atoms with Gasteiger partial charge in [0.25, 0.3) is 0 Å². The number of likely N-dealkylation sites (N-methyl/N-ethyl adjacent to an activating group) is 1. The predicted molar refractivity (Wildman–Crippen MR) is 83.8 cm³/mol. The topological polar surface area (TPSA) is 12.0 Å². The van der Waals surface area contributed by atoms with Crippen LogP contribution < -0.4 is 5.32 Å². The van der Waals surface area contributed by atoms with Crippen LogP contribution >= 0.6 is 11.6 Å². The van der Waals surface area contributed by atoms with Gasteiger partial charge in [-0.2, -0.15) is 0 Å². The van der Waals surface area contributed by atoms with E-state index < -0.39 is 0 Å². The van der Waals surface area contributed by atoms with E-state index in [4.69, 9.17) is 11.6 Å². The molecule has 0 heterocycles. The Morgan fingerprint density at radius 2 is 1.95 bits per heavy atom. The summed E-state index contributed by atoms with van der Waals surface area (Å²) in [6, 6.07) is 5.24. The van der Waals surface area contributed by atoms with Crippen LogP contribution in [0.25, 0.3) is 0 Å². The van der Waals surface area contributed by atoms with Gasteiger partial charge in [-0.3, -0.25) is 0 Å². The minimum Gasteiger partial charge on any atom is -0.314 e. The van der Waals surface area contributed by atoms with Crippen molar-refractivity contribution in [1.29, 1.82) is 0 Å². The second kappa shape index (κ2) is 7.99. The standard InChI is InChI=1S/C17H25ClFN/c1-2-20-17(13-7-5-3-4-6-8-13)12-14-11-15(18)9-10-16(14)19/h9-11,13,17,20H,2-8,12H2,1H3. The maximum Gasteiger partial charge on any atom is 0.126 e. The molecule has 1 fully saturated rings. The molecule has 0 radical (unpaired) electrons. The number of rotatable bonds is 5. The molecule has 0 saturated heterocycles. The molecule has 1 unspecified atom stereocenters. The molecule has 112 valence electrons. The number of hydrogen-bond acceptors (Lipinski definition) is 1. The third-order valence-electron chi connectivity index (χ3n) is 4.38. The van der Waals surface area contributed by atoms with Gasteiger partial charge in [0.2, 0.25) is 0 Å². The highest BCUT2D eigenvalue weighted by Crippen LogP contribution is 2.28. The number of nitrogens with one attached hydrogen (secondary N) is 1. The zero-order chi connectivity index (χ0) is 14.4. The second-order valence-electron chi connectivity index (χ2n) is 5.86. The van der Waals surface area contributed by atoms with Crippen LogP contribution in [-0.2, 0) is 6.42 Å². The van der Waals surface area contributed by atoms with Crippen molar-refractivity contribution < 1.29 is 4.39 Å². The quantitative estimate of drug-likeness (QED) is 0.757. The van der Waals surface area contributed by atoms with Gasteiger partial charge in [-0.15, -0.1) is 0 Å². The van der Waals surface area contributed by atoms with Gasteiger partial charge < -0.3 is 5.32 Å². The Bertz CT molecular complexity index is 413. The molecule has 1 atom stereocenters. The highest BCUT2D eigenvalue weighted by atomic mass is 35.5. The minimum atomic E-state index is -0.133. The zero-order valence-electron chi connectivity index (χ0n) is 12.3. The van der Waals surface area contributed by atoms with E-state index in [1.807, 2.05) is 0 Å². The van der Waals surface area contributed by atoms with Crippen molar-refractivity contribution in [1.82, 2.24) is 5.32 Å². The van der Waals surface area contributed by atoms with E-state index in [0.29, 0.717) is 17.0 Å².